The zero-order valence-corrected chi connectivity index (χ0v) is 17.4. The number of ether oxygens (including phenoxy) is 1. The fourth-order valence-corrected chi connectivity index (χ4v) is 3.36. The SMILES string of the molecule is COC(=O)c1ccc(NC(=O)c2nc(SCc3ccc(C)cc3)ncc2Cl)cc1. The second-order valence-electron chi connectivity index (χ2n) is 6.15. The average molecular weight is 428 g/mol. The molecule has 0 atom stereocenters. The second-order valence-corrected chi connectivity index (χ2v) is 7.50. The highest BCUT2D eigenvalue weighted by Crippen LogP contribution is 2.23. The lowest BCUT2D eigenvalue weighted by Gasteiger charge is -2.08. The lowest BCUT2D eigenvalue weighted by Crippen LogP contribution is -2.15. The summed E-state index contributed by atoms with van der Waals surface area (Å²) in [6, 6.07) is 14.5. The maximum absolute atomic E-state index is 12.6. The first-order valence-corrected chi connectivity index (χ1v) is 10.0. The summed E-state index contributed by atoms with van der Waals surface area (Å²) in [6.45, 7) is 2.03. The Morgan fingerprint density at radius 1 is 1.10 bits per heavy atom. The number of benzene rings is 2. The number of aryl methyl sites for hydroxylation is 1. The lowest BCUT2D eigenvalue weighted by molar-refractivity contribution is 0.0600. The summed E-state index contributed by atoms with van der Waals surface area (Å²) >= 11 is 7.54. The Labute approximate surface area is 177 Å². The molecule has 0 saturated heterocycles. The van der Waals surface area contributed by atoms with Gasteiger partial charge in [-0.25, -0.2) is 14.8 Å². The first-order chi connectivity index (χ1) is 14.0. The molecule has 0 saturated carbocycles. The summed E-state index contributed by atoms with van der Waals surface area (Å²) in [7, 11) is 1.31. The molecule has 0 spiro atoms. The molecule has 1 amide bonds. The number of rotatable bonds is 6. The molecule has 148 valence electrons. The van der Waals surface area contributed by atoms with Crippen LogP contribution < -0.4 is 5.32 Å². The van der Waals surface area contributed by atoms with E-state index in [-0.39, 0.29) is 10.7 Å². The van der Waals surface area contributed by atoms with E-state index in [0.29, 0.717) is 22.2 Å². The van der Waals surface area contributed by atoms with Gasteiger partial charge < -0.3 is 10.1 Å². The topological polar surface area (TPSA) is 81.2 Å². The van der Waals surface area contributed by atoms with Gasteiger partial charge in [0.15, 0.2) is 10.9 Å². The molecule has 0 bridgehead atoms. The van der Waals surface area contributed by atoms with Gasteiger partial charge in [-0.15, -0.1) is 0 Å². The fraction of sp³-hybridized carbons (Fsp3) is 0.143. The standard InChI is InChI=1S/C21H18ClN3O3S/c1-13-3-5-14(6-4-13)12-29-21-23-11-17(22)18(25-21)19(26)24-16-9-7-15(8-10-16)20(27)28-2/h3-11H,12H2,1-2H3,(H,24,26). The fourth-order valence-electron chi connectivity index (χ4n) is 2.41. The number of amides is 1. The number of nitrogens with zero attached hydrogens (tertiary/aromatic N) is 2. The number of nitrogens with one attached hydrogen (secondary N) is 1. The van der Waals surface area contributed by atoms with Gasteiger partial charge in [0.1, 0.15) is 0 Å². The number of aromatic nitrogens is 2. The number of carbonyl (C=O) groups excluding carboxylic acids is 2. The van der Waals surface area contributed by atoms with Crippen LogP contribution in [0.15, 0.2) is 59.9 Å². The monoisotopic (exact) mass is 427 g/mol. The van der Waals surface area contributed by atoms with Gasteiger partial charge in [-0.05, 0) is 36.8 Å². The molecule has 0 aliphatic carbocycles. The van der Waals surface area contributed by atoms with Crippen LogP contribution in [-0.4, -0.2) is 29.0 Å². The molecule has 0 aliphatic heterocycles. The number of anilines is 1. The Hall–Kier alpha value is -2.90. The zero-order chi connectivity index (χ0) is 20.8. The molecule has 3 aromatic rings. The van der Waals surface area contributed by atoms with E-state index >= 15 is 0 Å². The highest BCUT2D eigenvalue weighted by molar-refractivity contribution is 7.98. The highest BCUT2D eigenvalue weighted by atomic mass is 35.5. The largest absolute Gasteiger partial charge is 0.465 e. The van der Waals surface area contributed by atoms with Crippen LogP contribution in [0.5, 0.6) is 0 Å². The van der Waals surface area contributed by atoms with Crippen LogP contribution in [0, 0.1) is 6.92 Å². The third kappa shape index (κ3) is 5.56. The predicted molar refractivity (Wildman–Crippen MR) is 114 cm³/mol. The van der Waals surface area contributed by atoms with Gasteiger partial charge in [0.25, 0.3) is 5.91 Å². The number of halogens is 1. The van der Waals surface area contributed by atoms with E-state index in [4.69, 9.17) is 11.6 Å². The van der Waals surface area contributed by atoms with E-state index in [1.807, 2.05) is 31.2 Å². The van der Waals surface area contributed by atoms with Crippen LogP contribution in [0.2, 0.25) is 5.02 Å². The molecule has 1 aromatic heterocycles. The van der Waals surface area contributed by atoms with Crippen LogP contribution in [0.25, 0.3) is 0 Å². The molecule has 1 N–H and O–H groups in total. The molecular weight excluding hydrogens is 410 g/mol. The van der Waals surface area contributed by atoms with Gasteiger partial charge in [0, 0.05) is 11.4 Å². The van der Waals surface area contributed by atoms with E-state index < -0.39 is 11.9 Å². The van der Waals surface area contributed by atoms with Gasteiger partial charge in [-0.2, -0.15) is 0 Å². The molecule has 6 nitrogen and oxygen atoms in total. The van der Waals surface area contributed by atoms with Crippen molar-refractivity contribution in [3.05, 3.63) is 82.1 Å². The van der Waals surface area contributed by atoms with E-state index in [9.17, 15) is 9.59 Å². The van der Waals surface area contributed by atoms with Crippen molar-refractivity contribution in [2.75, 3.05) is 12.4 Å². The molecule has 2 aromatic carbocycles. The summed E-state index contributed by atoms with van der Waals surface area (Å²) in [4.78, 5) is 32.6. The minimum absolute atomic E-state index is 0.0881. The average Bonchev–Trinajstić information content (AvgIpc) is 2.74. The maximum Gasteiger partial charge on any atom is 0.337 e. The number of esters is 1. The van der Waals surface area contributed by atoms with Crippen molar-refractivity contribution < 1.29 is 14.3 Å². The zero-order valence-electron chi connectivity index (χ0n) is 15.8. The first-order valence-electron chi connectivity index (χ1n) is 8.67. The van der Waals surface area contributed by atoms with Crippen molar-refractivity contribution in [1.29, 1.82) is 0 Å². The predicted octanol–water partition coefficient (Wildman–Crippen LogP) is 4.77. The van der Waals surface area contributed by atoms with Gasteiger partial charge >= 0.3 is 5.97 Å². The van der Waals surface area contributed by atoms with Crippen molar-refractivity contribution in [3.63, 3.8) is 0 Å². The smallest absolute Gasteiger partial charge is 0.337 e. The summed E-state index contributed by atoms with van der Waals surface area (Å²) in [5.74, 6) is -0.227. The van der Waals surface area contributed by atoms with Crippen molar-refractivity contribution in [1.82, 2.24) is 9.97 Å². The molecule has 0 fully saturated rings. The summed E-state index contributed by atoms with van der Waals surface area (Å²) in [5.41, 5.74) is 3.31. The van der Waals surface area contributed by atoms with Crippen LogP contribution in [0.4, 0.5) is 5.69 Å². The molecular formula is C21H18ClN3O3S. The number of hydrogen-bond donors (Lipinski definition) is 1. The van der Waals surface area contributed by atoms with Crippen LogP contribution in [0.3, 0.4) is 0 Å². The molecule has 1 heterocycles. The number of carbonyl (C=O) groups is 2. The first kappa shape index (κ1) is 20.8. The number of thioether (sulfide) groups is 1. The number of hydrogen-bond acceptors (Lipinski definition) is 6. The molecule has 29 heavy (non-hydrogen) atoms. The van der Waals surface area contributed by atoms with Crippen molar-refractivity contribution in [2.45, 2.75) is 17.8 Å². The number of methoxy groups -OCH3 is 1. The minimum atomic E-state index is -0.458. The summed E-state index contributed by atoms with van der Waals surface area (Å²) in [5, 5.41) is 3.34. The van der Waals surface area contributed by atoms with Gasteiger partial charge in [-0.3, -0.25) is 4.79 Å². The van der Waals surface area contributed by atoms with Crippen molar-refractivity contribution in [3.8, 4) is 0 Å². The van der Waals surface area contributed by atoms with E-state index in [1.165, 1.54) is 30.6 Å². The minimum Gasteiger partial charge on any atom is -0.465 e. The Morgan fingerprint density at radius 3 is 2.45 bits per heavy atom. The molecule has 0 radical (unpaired) electrons. The molecule has 3 rings (SSSR count). The van der Waals surface area contributed by atoms with Crippen molar-refractivity contribution in [2.24, 2.45) is 0 Å². The van der Waals surface area contributed by atoms with Crippen LogP contribution in [0.1, 0.15) is 32.0 Å². The lowest BCUT2D eigenvalue weighted by atomic mass is 10.2. The Bertz CT molecular complexity index is 1020. The van der Waals surface area contributed by atoms with Gasteiger partial charge in [0.2, 0.25) is 0 Å². The molecule has 8 heteroatoms. The Balaban J connectivity index is 1.69. The van der Waals surface area contributed by atoms with Crippen LogP contribution >= 0.6 is 23.4 Å². The summed E-state index contributed by atoms with van der Waals surface area (Å²) in [6.07, 6.45) is 1.42. The van der Waals surface area contributed by atoms with Crippen LogP contribution in [-0.2, 0) is 10.5 Å². The van der Waals surface area contributed by atoms with E-state index in [2.05, 4.69) is 20.0 Å². The summed E-state index contributed by atoms with van der Waals surface area (Å²) < 4.78 is 4.65. The van der Waals surface area contributed by atoms with Gasteiger partial charge in [-0.1, -0.05) is 53.2 Å². The Morgan fingerprint density at radius 2 is 1.79 bits per heavy atom. The van der Waals surface area contributed by atoms with E-state index in [1.54, 1.807) is 24.3 Å². The quantitative estimate of drug-likeness (QED) is 0.346. The van der Waals surface area contributed by atoms with Gasteiger partial charge in [0.05, 0.1) is 23.9 Å². The van der Waals surface area contributed by atoms with Crippen molar-refractivity contribution >= 4 is 40.9 Å². The molecule has 0 unspecified atom stereocenters. The third-order valence-corrected chi connectivity index (χ3v) is 5.20. The van der Waals surface area contributed by atoms with E-state index in [0.717, 1.165) is 5.56 Å². The highest BCUT2D eigenvalue weighted by Gasteiger charge is 2.15. The normalized spacial score (nSPS) is 10.4. The Kier molecular flexibility index (Phi) is 6.85. The second kappa shape index (κ2) is 9.54. The third-order valence-electron chi connectivity index (χ3n) is 3.99. The molecule has 0 aliphatic rings. The maximum atomic E-state index is 12.6.